The van der Waals surface area contributed by atoms with Gasteiger partial charge in [-0.15, -0.1) is 0 Å². The third-order valence-electron chi connectivity index (χ3n) is 3.89. The van der Waals surface area contributed by atoms with Crippen LogP contribution in [0.25, 0.3) is 0 Å². The van der Waals surface area contributed by atoms with E-state index in [1.807, 2.05) is 6.07 Å². The molecule has 104 valence electrons. The summed E-state index contributed by atoms with van der Waals surface area (Å²) in [4.78, 5) is 12.4. The number of aryl methyl sites for hydroxylation is 1. The summed E-state index contributed by atoms with van der Waals surface area (Å²) in [5, 5.41) is 6.50. The fraction of sp³-hybridized carbons (Fsp3) is 0.562. The zero-order valence-corrected chi connectivity index (χ0v) is 12.0. The zero-order chi connectivity index (χ0) is 13.7. The molecule has 1 atom stereocenters. The van der Waals surface area contributed by atoms with Crippen molar-refractivity contribution in [2.45, 2.75) is 51.6 Å². The van der Waals surface area contributed by atoms with Gasteiger partial charge in [-0.1, -0.05) is 43.2 Å². The van der Waals surface area contributed by atoms with E-state index < -0.39 is 0 Å². The molecule has 1 aliphatic rings. The summed E-state index contributed by atoms with van der Waals surface area (Å²) >= 11 is 0. The first-order valence-electron chi connectivity index (χ1n) is 7.25. The second-order valence-corrected chi connectivity index (χ2v) is 5.53. The molecule has 0 spiro atoms. The van der Waals surface area contributed by atoms with Gasteiger partial charge in [0, 0.05) is 6.54 Å². The fourth-order valence-electron chi connectivity index (χ4n) is 2.93. The summed E-state index contributed by atoms with van der Waals surface area (Å²) in [5.74, 6) is 0.161. The highest BCUT2D eigenvalue weighted by Crippen LogP contribution is 2.25. The summed E-state index contributed by atoms with van der Waals surface area (Å²) in [6, 6.07) is 8.28. The second-order valence-electron chi connectivity index (χ2n) is 5.53. The molecule has 1 aromatic carbocycles. The lowest BCUT2D eigenvalue weighted by molar-refractivity contribution is -0.127. The smallest absolute Gasteiger partial charge is 0.240 e. The van der Waals surface area contributed by atoms with Crippen LogP contribution in [0, 0.1) is 6.92 Å². The number of amides is 1. The molecule has 0 radical (unpaired) electrons. The minimum atomic E-state index is -0.321. The quantitative estimate of drug-likeness (QED) is 0.854. The molecule has 19 heavy (non-hydrogen) atoms. The van der Waals surface area contributed by atoms with Gasteiger partial charge >= 0.3 is 0 Å². The average molecular weight is 260 g/mol. The molecule has 1 unspecified atom stereocenters. The van der Waals surface area contributed by atoms with Crippen LogP contribution in [-0.2, 0) is 11.3 Å². The molecule has 0 saturated carbocycles. The van der Waals surface area contributed by atoms with Crippen LogP contribution in [0.2, 0.25) is 0 Å². The van der Waals surface area contributed by atoms with Gasteiger partial charge in [-0.3, -0.25) is 4.79 Å². The number of carbonyl (C=O) groups is 1. The van der Waals surface area contributed by atoms with Crippen LogP contribution in [0.5, 0.6) is 0 Å². The van der Waals surface area contributed by atoms with Gasteiger partial charge in [0.25, 0.3) is 0 Å². The third kappa shape index (κ3) is 3.35. The maximum Gasteiger partial charge on any atom is 0.240 e. The Morgan fingerprint density at radius 3 is 2.95 bits per heavy atom. The highest BCUT2D eigenvalue weighted by molar-refractivity contribution is 5.86. The molecule has 0 aliphatic carbocycles. The minimum Gasteiger partial charge on any atom is -0.350 e. The summed E-state index contributed by atoms with van der Waals surface area (Å²) in [7, 11) is 0. The molecular weight excluding hydrogens is 236 g/mol. The van der Waals surface area contributed by atoms with Gasteiger partial charge in [-0.25, -0.2) is 0 Å². The van der Waals surface area contributed by atoms with Crippen molar-refractivity contribution in [2.75, 3.05) is 6.54 Å². The Morgan fingerprint density at radius 2 is 2.32 bits per heavy atom. The topological polar surface area (TPSA) is 41.1 Å². The first-order chi connectivity index (χ1) is 9.16. The van der Waals surface area contributed by atoms with Crippen LogP contribution in [0.1, 0.15) is 43.7 Å². The van der Waals surface area contributed by atoms with E-state index in [9.17, 15) is 4.79 Å². The number of benzene rings is 1. The first kappa shape index (κ1) is 14.1. The van der Waals surface area contributed by atoms with Gasteiger partial charge in [0.15, 0.2) is 0 Å². The Labute approximate surface area is 115 Å². The van der Waals surface area contributed by atoms with E-state index in [-0.39, 0.29) is 11.4 Å². The zero-order valence-electron chi connectivity index (χ0n) is 12.0. The molecule has 1 aromatic rings. The van der Waals surface area contributed by atoms with Crippen molar-refractivity contribution in [2.24, 2.45) is 0 Å². The van der Waals surface area contributed by atoms with Crippen molar-refractivity contribution in [3.8, 4) is 0 Å². The molecule has 2 N–H and O–H groups in total. The number of hydrogen-bond donors (Lipinski definition) is 2. The number of rotatable bonds is 5. The van der Waals surface area contributed by atoms with Crippen LogP contribution in [0.3, 0.4) is 0 Å². The van der Waals surface area contributed by atoms with E-state index >= 15 is 0 Å². The number of nitrogens with one attached hydrogen (secondary N) is 2. The van der Waals surface area contributed by atoms with Crippen molar-refractivity contribution >= 4 is 5.91 Å². The molecule has 0 aromatic heterocycles. The molecule has 1 amide bonds. The van der Waals surface area contributed by atoms with E-state index in [0.717, 1.165) is 37.8 Å². The Kier molecular flexibility index (Phi) is 4.59. The van der Waals surface area contributed by atoms with Gasteiger partial charge in [0.1, 0.15) is 0 Å². The van der Waals surface area contributed by atoms with Crippen molar-refractivity contribution in [3.05, 3.63) is 35.4 Å². The van der Waals surface area contributed by atoms with Crippen molar-refractivity contribution in [3.63, 3.8) is 0 Å². The highest BCUT2D eigenvalue weighted by Gasteiger charge is 2.39. The molecule has 0 bridgehead atoms. The second kappa shape index (κ2) is 6.20. The van der Waals surface area contributed by atoms with Gasteiger partial charge in [-0.05, 0) is 38.3 Å². The fourth-order valence-corrected chi connectivity index (χ4v) is 2.93. The monoisotopic (exact) mass is 260 g/mol. The van der Waals surface area contributed by atoms with Gasteiger partial charge in [0.2, 0.25) is 5.91 Å². The standard InChI is InChI=1S/C16H24N2O/c1-3-8-16(9-5-10-18-16)15(19)17-12-14-7-4-6-13(2)11-14/h4,6-7,11,18H,3,5,8-10,12H2,1-2H3,(H,17,19). The summed E-state index contributed by atoms with van der Waals surface area (Å²) in [6.45, 7) is 5.78. The number of carbonyl (C=O) groups excluding carboxylic acids is 1. The lowest BCUT2D eigenvalue weighted by Gasteiger charge is -2.27. The lowest BCUT2D eigenvalue weighted by atomic mass is 9.91. The molecule has 1 fully saturated rings. The molecule has 3 heteroatoms. The maximum atomic E-state index is 12.4. The molecule has 1 saturated heterocycles. The van der Waals surface area contributed by atoms with Crippen molar-refractivity contribution in [1.29, 1.82) is 0 Å². The Morgan fingerprint density at radius 1 is 1.47 bits per heavy atom. The van der Waals surface area contributed by atoms with Gasteiger partial charge in [0.05, 0.1) is 5.54 Å². The summed E-state index contributed by atoms with van der Waals surface area (Å²) < 4.78 is 0. The molecule has 3 nitrogen and oxygen atoms in total. The maximum absolute atomic E-state index is 12.4. The summed E-state index contributed by atoms with van der Waals surface area (Å²) in [6.07, 6.45) is 4.01. The van der Waals surface area contributed by atoms with Crippen LogP contribution in [0.15, 0.2) is 24.3 Å². The number of hydrogen-bond acceptors (Lipinski definition) is 2. The molecule has 1 aliphatic heterocycles. The van der Waals surface area contributed by atoms with Crippen LogP contribution in [-0.4, -0.2) is 18.0 Å². The average Bonchev–Trinajstić information content (AvgIpc) is 2.86. The van der Waals surface area contributed by atoms with Gasteiger partial charge in [-0.2, -0.15) is 0 Å². The Bertz CT molecular complexity index is 436. The third-order valence-corrected chi connectivity index (χ3v) is 3.89. The van der Waals surface area contributed by atoms with Crippen LogP contribution >= 0.6 is 0 Å². The van der Waals surface area contributed by atoms with E-state index in [1.54, 1.807) is 0 Å². The van der Waals surface area contributed by atoms with Gasteiger partial charge < -0.3 is 10.6 Å². The first-order valence-corrected chi connectivity index (χ1v) is 7.25. The lowest BCUT2D eigenvalue weighted by Crippen LogP contribution is -2.53. The van der Waals surface area contributed by atoms with E-state index in [0.29, 0.717) is 6.54 Å². The predicted molar refractivity (Wildman–Crippen MR) is 77.9 cm³/mol. The normalized spacial score (nSPS) is 22.4. The molecule has 2 rings (SSSR count). The Hall–Kier alpha value is -1.35. The van der Waals surface area contributed by atoms with Crippen molar-refractivity contribution in [1.82, 2.24) is 10.6 Å². The van der Waals surface area contributed by atoms with E-state index in [4.69, 9.17) is 0 Å². The minimum absolute atomic E-state index is 0.161. The van der Waals surface area contributed by atoms with E-state index in [1.165, 1.54) is 5.56 Å². The van der Waals surface area contributed by atoms with Crippen LogP contribution < -0.4 is 10.6 Å². The Balaban J connectivity index is 1.96. The molecule has 1 heterocycles. The van der Waals surface area contributed by atoms with E-state index in [2.05, 4.69) is 42.7 Å². The predicted octanol–water partition coefficient (Wildman–Crippen LogP) is 2.53. The summed E-state index contributed by atoms with van der Waals surface area (Å²) in [5.41, 5.74) is 2.07. The SMILES string of the molecule is CCCC1(C(=O)NCc2cccc(C)c2)CCCN1. The van der Waals surface area contributed by atoms with Crippen LogP contribution in [0.4, 0.5) is 0 Å². The highest BCUT2D eigenvalue weighted by atomic mass is 16.2. The van der Waals surface area contributed by atoms with Crippen molar-refractivity contribution < 1.29 is 4.79 Å². The largest absolute Gasteiger partial charge is 0.350 e. The molecular formula is C16H24N2O.